The van der Waals surface area contributed by atoms with Gasteiger partial charge < -0.3 is 10.1 Å². The number of aromatic nitrogens is 1. The van der Waals surface area contributed by atoms with Gasteiger partial charge in [-0.2, -0.15) is 0 Å². The van der Waals surface area contributed by atoms with Gasteiger partial charge in [0.2, 0.25) is 5.88 Å². The van der Waals surface area contributed by atoms with Crippen molar-refractivity contribution in [2.24, 2.45) is 0 Å². The largest absolute Gasteiger partial charge is 0.474 e. The SMILES string of the molecule is Cc1ccc(OC2CCC(NC(=O)c3ccccc3Cl)CC2)nc1. The van der Waals surface area contributed by atoms with Gasteiger partial charge in [-0.15, -0.1) is 0 Å². The first-order valence-corrected chi connectivity index (χ1v) is 8.64. The average Bonchev–Trinajstić information content (AvgIpc) is 2.59. The van der Waals surface area contributed by atoms with Crippen LogP contribution in [0.1, 0.15) is 41.6 Å². The van der Waals surface area contributed by atoms with Gasteiger partial charge in [-0.25, -0.2) is 4.98 Å². The average molecular weight is 345 g/mol. The third kappa shape index (κ3) is 4.26. The number of hydrogen-bond donors (Lipinski definition) is 1. The number of rotatable bonds is 4. The third-order valence-electron chi connectivity index (χ3n) is 4.30. The highest BCUT2D eigenvalue weighted by Gasteiger charge is 2.24. The molecule has 1 heterocycles. The first-order valence-electron chi connectivity index (χ1n) is 8.26. The second-order valence-electron chi connectivity index (χ2n) is 6.22. The Hall–Kier alpha value is -2.07. The van der Waals surface area contributed by atoms with E-state index in [9.17, 15) is 4.79 Å². The number of benzene rings is 1. The van der Waals surface area contributed by atoms with Crippen LogP contribution in [0, 0.1) is 6.92 Å². The number of nitrogens with one attached hydrogen (secondary N) is 1. The van der Waals surface area contributed by atoms with Gasteiger partial charge in [-0.3, -0.25) is 4.79 Å². The van der Waals surface area contributed by atoms with Crippen molar-refractivity contribution in [1.82, 2.24) is 10.3 Å². The summed E-state index contributed by atoms with van der Waals surface area (Å²) in [4.78, 5) is 16.6. The normalized spacial score (nSPS) is 20.4. The van der Waals surface area contributed by atoms with Gasteiger partial charge in [0, 0.05) is 18.3 Å². The van der Waals surface area contributed by atoms with E-state index in [1.54, 1.807) is 12.1 Å². The van der Waals surface area contributed by atoms with Crippen LogP contribution >= 0.6 is 11.6 Å². The number of amides is 1. The summed E-state index contributed by atoms with van der Waals surface area (Å²) < 4.78 is 5.92. The number of carbonyl (C=O) groups is 1. The van der Waals surface area contributed by atoms with Crippen molar-refractivity contribution in [3.05, 3.63) is 58.7 Å². The minimum Gasteiger partial charge on any atom is -0.474 e. The standard InChI is InChI=1S/C19H21ClN2O2/c1-13-6-11-18(21-12-13)24-15-9-7-14(8-10-15)22-19(23)16-4-2-3-5-17(16)20/h2-6,11-12,14-15H,7-10H2,1H3,(H,22,23). The maximum absolute atomic E-state index is 12.3. The highest BCUT2D eigenvalue weighted by atomic mass is 35.5. The zero-order valence-corrected chi connectivity index (χ0v) is 14.4. The fourth-order valence-electron chi connectivity index (χ4n) is 2.93. The molecule has 1 aliphatic carbocycles. The van der Waals surface area contributed by atoms with Crippen molar-refractivity contribution in [1.29, 1.82) is 0 Å². The zero-order chi connectivity index (χ0) is 16.9. The molecule has 0 radical (unpaired) electrons. The summed E-state index contributed by atoms with van der Waals surface area (Å²) in [6.45, 7) is 2.00. The molecule has 0 saturated heterocycles. The number of nitrogens with zero attached hydrogens (tertiary/aromatic N) is 1. The summed E-state index contributed by atoms with van der Waals surface area (Å²) in [6, 6.07) is 11.2. The second-order valence-corrected chi connectivity index (χ2v) is 6.63. The summed E-state index contributed by atoms with van der Waals surface area (Å²) in [5.41, 5.74) is 1.65. The quantitative estimate of drug-likeness (QED) is 0.905. The van der Waals surface area contributed by atoms with Crippen molar-refractivity contribution in [2.75, 3.05) is 0 Å². The number of pyridine rings is 1. The summed E-state index contributed by atoms with van der Waals surface area (Å²) >= 11 is 6.07. The summed E-state index contributed by atoms with van der Waals surface area (Å²) in [5, 5.41) is 3.56. The fourth-order valence-corrected chi connectivity index (χ4v) is 3.15. The molecule has 1 N–H and O–H groups in total. The fraction of sp³-hybridized carbons (Fsp3) is 0.368. The third-order valence-corrected chi connectivity index (χ3v) is 4.63. The molecule has 4 nitrogen and oxygen atoms in total. The number of aryl methyl sites for hydroxylation is 1. The molecule has 5 heteroatoms. The molecule has 126 valence electrons. The lowest BCUT2D eigenvalue weighted by Crippen LogP contribution is -2.39. The Kier molecular flexibility index (Phi) is 5.36. The number of ether oxygens (including phenoxy) is 1. The molecule has 1 aromatic carbocycles. The van der Waals surface area contributed by atoms with E-state index in [0.29, 0.717) is 16.5 Å². The Balaban J connectivity index is 1.49. The summed E-state index contributed by atoms with van der Waals surface area (Å²) in [5.74, 6) is 0.564. The Morgan fingerprint density at radius 2 is 1.92 bits per heavy atom. The Bertz CT molecular complexity index is 695. The molecular weight excluding hydrogens is 324 g/mol. The molecule has 1 aromatic heterocycles. The predicted octanol–water partition coefficient (Wildman–Crippen LogP) is 4.16. The highest BCUT2D eigenvalue weighted by molar-refractivity contribution is 6.33. The van der Waals surface area contributed by atoms with Crippen LogP contribution in [-0.2, 0) is 0 Å². The summed E-state index contributed by atoms with van der Waals surface area (Å²) in [7, 11) is 0. The van der Waals surface area contributed by atoms with Crippen LogP contribution in [0.4, 0.5) is 0 Å². The molecule has 1 aliphatic rings. The van der Waals surface area contributed by atoms with Crippen LogP contribution in [-0.4, -0.2) is 23.0 Å². The topological polar surface area (TPSA) is 51.2 Å². The Morgan fingerprint density at radius 3 is 2.58 bits per heavy atom. The Morgan fingerprint density at radius 1 is 1.17 bits per heavy atom. The molecule has 0 aliphatic heterocycles. The van der Waals surface area contributed by atoms with Gasteiger partial charge in [0.25, 0.3) is 5.91 Å². The molecule has 2 aromatic rings. The molecule has 1 amide bonds. The van der Waals surface area contributed by atoms with E-state index in [-0.39, 0.29) is 18.1 Å². The molecule has 0 atom stereocenters. The molecule has 0 spiro atoms. The molecule has 1 saturated carbocycles. The van der Waals surface area contributed by atoms with Crippen LogP contribution in [0.2, 0.25) is 5.02 Å². The minimum atomic E-state index is -0.106. The summed E-state index contributed by atoms with van der Waals surface area (Å²) in [6.07, 6.45) is 5.57. The van der Waals surface area contributed by atoms with Gasteiger partial charge in [0.1, 0.15) is 6.10 Å². The van der Waals surface area contributed by atoms with E-state index in [1.165, 1.54) is 0 Å². The zero-order valence-electron chi connectivity index (χ0n) is 13.7. The van der Waals surface area contributed by atoms with Crippen molar-refractivity contribution < 1.29 is 9.53 Å². The molecular formula is C19H21ClN2O2. The lowest BCUT2D eigenvalue weighted by atomic mass is 9.92. The van der Waals surface area contributed by atoms with Gasteiger partial charge in [-0.1, -0.05) is 29.8 Å². The molecule has 1 fully saturated rings. The van der Waals surface area contributed by atoms with Crippen molar-refractivity contribution in [3.63, 3.8) is 0 Å². The van der Waals surface area contributed by atoms with E-state index in [1.807, 2.05) is 37.4 Å². The first-order chi connectivity index (χ1) is 11.6. The van der Waals surface area contributed by atoms with Gasteiger partial charge in [0.05, 0.1) is 10.6 Å². The second kappa shape index (κ2) is 7.67. The van der Waals surface area contributed by atoms with Crippen LogP contribution in [0.3, 0.4) is 0 Å². The maximum Gasteiger partial charge on any atom is 0.253 e. The first kappa shape index (κ1) is 16.8. The predicted molar refractivity (Wildman–Crippen MR) is 94.6 cm³/mol. The van der Waals surface area contributed by atoms with E-state index >= 15 is 0 Å². The van der Waals surface area contributed by atoms with E-state index < -0.39 is 0 Å². The highest BCUT2D eigenvalue weighted by Crippen LogP contribution is 2.24. The molecule has 24 heavy (non-hydrogen) atoms. The number of carbonyl (C=O) groups excluding carboxylic acids is 1. The van der Waals surface area contributed by atoms with Crippen LogP contribution < -0.4 is 10.1 Å². The van der Waals surface area contributed by atoms with E-state index in [2.05, 4.69) is 10.3 Å². The lowest BCUT2D eigenvalue weighted by molar-refractivity contribution is 0.0890. The van der Waals surface area contributed by atoms with Crippen molar-refractivity contribution >= 4 is 17.5 Å². The van der Waals surface area contributed by atoms with Crippen LogP contribution in [0.15, 0.2) is 42.6 Å². The van der Waals surface area contributed by atoms with Gasteiger partial charge in [-0.05, 0) is 50.3 Å². The van der Waals surface area contributed by atoms with Crippen molar-refractivity contribution in [3.8, 4) is 5.88 Å². The van der Waals surface area contributed by atoms with Gasteiger partial charge in [0.15, 0.2) is 0 Å². The van der Waals surface area contributed by atoms with Crippen LogP contribution in [0.25, 0.3) is 0 Å². The molecule has 0 bridgehead atoms. The number of halogens is 1. The van der Waals surface area contributed by atoms with E-state index in [4.69, 9.17) is 16.3 Å². The van der Waals surface area contributed by atoms with Crippen LogP contribution in [0.5, 0.6) is 5.88 Å². The van der Waals surface area contributed by atoms with E-state index in [0.717, 1.165) is 31.2 Å². The smallest absolute Gasteiger partial charge is 0.253 e. The monoisotopic (exact) mass is 344 g/mol. The molecule has 3 rings (SSSR count). The minimum absolute atomic E-state index is 0.106. The molecule has 0 unspecified atom stereocenters. The number of hydrogen-bond acceptors (Lipinski definition) is 3. The lowest BCUT2D eigenvalue weighted by Gasteiger charge is -2.29. The van der Waals surface area contributed by atoms with Crippen molar-refractivity contribution in [2.45, 2.75) is 44.8 Å². The maximum atomic E-state index is 12.3. The Labute approximate surface area is 147 Å². The van der Waals surface area contributed by atoms with Gasteiger partial charge >= 0.3 is 0 Å².